The summed E-state index contributed by atoms with van der Waals surface area (Å²) < 4.78 is 10.1. The van der Waals surface area contributed by atoms with Crippen molar-refractivity contribution in [1.82, 2.24) is 14.4 Å². The topological polar surface area (TPSA) is 71.0 Å². The largest absolute Gasteiger partial charge is 0.485 e. The first-order chi connectivity index (χ1) is 15.8. The normalized spacial score (nSPS) is 17.2. The van der Waals surface area contributed by atoms with E-state index in [-0.39, 0.29) is 11.9 Å². The maximum atomic E-state index is 13.0. The van der Waals surface area contributed by atoms with Crippen LogP contribution < -0.4 is 9.30 Å². The Labute approximate surface area is 192 Å². The van der Waals surface area contributed by atoms with E-state index in [1.807, 2.05) is 47.2 Å². The molecule has 2 aromatic carbocycles. The number of amidine groups is 1. The van der Waals surface area contributed by atoms with Crippen molar-refractivity contribution in [1.29, 1.82) is 0 Å². The van der Waals surface area contributed by atoms with E-state index >= 15 is 0 Å². The predicted molar refractivity (Wildman–Crippen MR) is 123 cm³/mol. The van der Waals surface area contributed by atoms with Gasteiger partial charge in [0.25, 0.3) is 5.91 Å². The van der Waals surface area contributed by atoms with E-state index in [1.165, 1.54) is 17.5 Å². The van der Waals surface area contributed by atoms with Crippen molar-refractivity contribution in [2.24, 2.45) is 4.99 Å². The number of ether oxygens (including phenoxy) is 1. The number of carbonyl (C=O) groups is 2. The Morgan fingerprint density at radius 2 is 1.67 bits per heavy atom. The summed E-state index contributed by atoms with van der Waals surface area (Å²) in [5.74, 6) is 1.46. The van der Waals surface area contributed by atoms with E-state index in [2.05, 4.69) is 31.2 Å². The SMILES string of the molecule is Cc1ccc(COc2ccccc2-n2c(C)c(C)[n+]3c2N=C2C3C(=O)N(C)C(=O)N2C)cc1. The number of hydrogen-bond donors (Lipinski definition) is 0. The second-order valence-corrected chi connectivity index (χ2v) is 8.53. The first-order valence-electron chi connectivity index (χ1n) is 10.8. The fraction of sp³-hybridized carbons (Fsp3) is 0.280. The molecule has 2 aliphatic heterocycles. The van der Waals surface area contributed by atoms with Crippen LogP contribution in [0.5, 0.6) is 5.75 Å². The highest BCUT2D eigenvalue weighted by Gasteiger charge is 2.53. The molecule has 3 heterocycles. The van der Waals surface area contributed by atoms with Crippen molar-refractivity contribution in [2.75, 3.05) is 14.1 Å². The zero-order valence-electron chi connectivity index (χ0n) is 19.4. The van der Waals surface area contributed by atoms with E-state index in [4.69, 9.17) is 9.73 Å². The number of benzene rings is 2. The van der Waals surface area contributed by atoms with Gasteiger partial charge in [0.05, 0.1) is 0 Å². The Bertz CT molecular complexity index is 1320. The molecule has 1 saturated heterocycles. The molecular formula is C25H26N5O3+. The number of imide groups is 1. The monoisotopic (exact) mass is 444 g/mol. The standard InChI is InChI=1S/C25H26N5O3/c1-15-10-12-18(13-11-15)14-33-20-9-7-6-8-19(20)29-16(2)17(3)30-21-22(26-24(29)30)27(4)25(32)28(5)23(21)31/h6-13,21H,14H2,1-5H3/q+1. The Morgan fingerprint density at radius 3 is 2.39 bits per heavy atom. The molecule has 0 saturated carbocycles. The number of fused-ring (bicyclic) bond motifs is 3. The van der Waals surface area contributed by atoms with Gasteiger partial charge in [0.1, 0.15) is 23.7 Å². The molecular weight excluding hydrogens is 418 g/mol. The number of amides is 3. The van der Waals surface area contributed by atoms with Crippen LogP contribution in [-0.4, -0.2) is 46.2 Å². The number of imidazole rings is 1. The van der Waals surface area contributed by atoms with E-state index < -0.39 is 6.04 Å². The fourth-order valence-electron chi connectivity index (χ4n) is 4.41. The van der Waals surface area contributed by atoms with Crippen molar-refractivity contribution in [2.45, 2.75) is 33.4 Å². The van der Waals surface area contributed by atoms with Gasteiger partial charge < -0.3 is 4.74 Å². The maximum absolute atomic E-state index is 13.0. The third-order valence-corrected chi connectivity index (χ3v) is 6.46. The number of likely N-dealkylation sites (N-methyl/N-ethyl adjacent to an activating group) is 2. The van der Waals surface area contributed by atoms with Gasteiger partial charge in [0.15, 0.2) is 5.75 Å². The average Bonchev–Trinajstić information content (AvgIpc) is 3.31. The minimum absolute atomic E-state index is 0.287. The van der Waals surface area contributed by atoms with Gasteiger partial charge >= 0.3 is 12.0 Å². The molecule has 0 bridgehead atoms. The lowest BCUT2D eigenvalue weighted by atomic mass is 10.1. The molecule has 1 atom stereocenters. The maximum Gasteiger partial charge on any atom is 0.407 e. The number of urea groups is 1. The number of aromatic nitrogens is 2. The molecule has 0 aliphatic carbocycles. The minimum Gasteiger partial charge on any atom is -0.485 e. The van der Waals surface area contributed by atoms with Crippen LogP contribution in [0.15, 0.2) is 53.5 Å². The molecule has 1 aromatic heterocycles. The van der Waals surface area contributed by atoms with Gasteiger partial charge in [0, 0.05) is 14.1 Å². The zero-order valence-corrected chi connectivity index (χ0v) is 19.4. The number of aliphatic imine (C=N–C) groups is 1. The highest BCUT2D eigenvalue weighted by atomic mass is 16.5. The highest BCUT2D eigenvalue weighted by Crippen LogP contribution is 2.35. The second-order valence-electron chi connectivity index (χ2n) is 8.53. The summed E-state index contributed by atoms with van der Waals surface area (Å²) >= 11 is 0. The molecule has 168 valence electrons. The van der Waals surface area contributed by atoms with Gasteiger partial charge in [-0.3, -0.25) is 14.6 Å². The van der Waals surface area contributed by atoms with Gasteiger partial charge in [-0.05, 0) is 38.5 Å². The van der Waals surface area contributed by atoms with Crippen molar-refractivity contribution >= 4 is 23.7 Å². The van der Waals surface area contributed by atoms with Crippen LogP contribution in [0.3, 0.4) is 0 Å². The predicted octanol–water partition coefficient (Wildman–Crippen LogP) is 3.38. The van der Waals surface area contributed by atoms with E-state index in [9.17, 15) is 9.59 Å². The van der Waals surface area contributed by atoms with Crippen LogP contribution >= 0.6 is 0 Å². The van der Waals surface area contributed by atoms with Crippen LogP contribution in [0.4, 0.5) is 10.7 Å². The molecule has 1 unspecified atom stereocenters. The number of nitrogens with zero attached hydrogens (tertiary/aromatic N) is 5. The van der Waals surface area contributed by atoms with Crippen molar-refractivity contribution < 1.29 is 18.9 Å². The van der Waals surface area contributed by atoms with Crippen molar-refractivity contribution in [3.8, 4) is 11.4 Å². The number of para-hydroxylation sites is 2. The Hall–Kier alpha value is -3.94. The lowest BCUT2D eigenvalue weighted by molar-refractivity contribution is -0.682. The van der Waals surface area contributed by atoms with Crippen molar-refractivity contribution in [3.05, 3.63) is 71.0 Å². The van der Waals surface area contributed by atoms with Crippen LogP contribution in [0.25, 0.3) is 5.69 Å². The first-order valence-corrected chi connectivity index (χ1v) is 10.8. The van der Waals surface area contributed by atoms with Crippen LogP contribution in [0.2, 0.25) is 0 Å². The zero-order chi connectivity index (χ0) is 23.4. The quantitative estimate of drug-likeness (QED) is 0.580. The lowest BCUT2D eigenvalue weighted by Crippen LogP contribution is -2.62. The van der Waals surface area contributed by atoms with E-state index in [0.29, 0.717) is 24.1 Å². The number of rotatable bonds is 4. The van der Waals surface area contributed by atoms with Crippen LogP contribution in [0, 0.1) is 20.8 Å². The fourth-order valence-corrected chi connectivity index (χ4v) is 4.41. The highest BCUT2D eigenvalue weighted by molar-refractivity contribution is 6.18. The van der Waals surface area contributed by atoms with Gasteiger partial charge in [-0.15, -0.1) is 0 Å². The van der Waals surface area contributed by atoms with Gasteiger partial charge in [0.2, 0.25) is 11.9 Å². The molecule has 33 heavy (non-hydrogen) atoms. The van der Waals surface area contributed by atoms with Gasteiger partial charge in [-0.2, -0.15) is 4.57 Å². The van der Waals surface area contributed by atoms with E-state index in [1.54, 1.807) is 7.05 Å². The first kappa shape index (κ1) is 20.9. The Kier molecular flexibility index (Phi) is 4.81. The third-order valence-electron chi connectivity index (χ3n) is 6.46. The molecule has 3 amide bonds. The summed E-state index contributed by atoms with van der Waals surface area (Å²) in [6, 6.07) is 15.0. The molecule has 0 radical (unpaired) electrons. The Balaban J connectivity index is 1.59. The second kappa shape index (κ2) is 7.58. The third kappa shape index (κ3) is 3.13. The summed E-state index contributed by atoms with van der Waals surface area (Å²) in [7, 11) is 3.15. The number of hydrogen-bond acceptors (Lipinski definition) is 4. The lowest BCUT2D eigenvalue weighted by Gasteiger charge is -2.30. The molecule has 2 aliphatic rings. The van der Waals surface area contributed by atoms with Gasteiger partial charge in [-0.25, -0.2) is 9.36 Å². The molecule has 0 spiro atoms. The number of aryl methyl sites for hydroxylation is 1. The van der Waals surface area contributed by atoms with Gasteiger partial charge in [-0.1, -0.05) is 47.0 Å². The minimum atomic E-state index is -0.659. The molecule has 1 fully saturated rings. The van der Waals surface area contributed by atoms with Crippen LogP contribution in [0.1, 0.15) is 28.6 Å². The smallest absolute Gasteiger partial charge is 0.407 e. The summed E-state index contributed by atoms with van der Waals surface area (Å²) in [5, 5.41) is 0. The molecule has 0 N–H and O–H groups in total. The summed E-state index contributed by atoms with van der Waals surface area (Å²) in [5.41, 5.74) is 4.97. The number of carbonyl (C=O) groups excluding carboxylic acids is 2. The summed E-state index contributed by atoms with van der Waals surface area (Å²) in [6.07, 6.45) is 0. The van der Waals surface area contributed by atoms with E-state index in [0.717, 1.165) is 27.5 Å². The summed E-state index contributed by atoms with van der Waals surface area (Å²) in [4.78, 5) is 32.8. The van der Waals surface area contributed by atoms with Crippen molar-refractivity contribution in [3.63, 3.8) is 0 Å². The van der Waals surface area contributed by atoms with Crippen LogP contribution in [-0.2, 0) is 11.4 Å². The molecule has 5 rings (SSSR count). The molecule has 8 nitrogen and oxygen atoms in total. The Morgan fingerprint density at radius 1 is 0.970 bits per heavy atom. The molecule has 8 heteroatoms. The summed E-state index contributed by atoms with van der Waals surface area (Å²) in [6.45, 7) is 6.46. The average molecular weight is 445 g/mol. The molecule has 3 aromatic rings.